The van der Waals surface area contributed by atoms with E-state index in [4.69, 9.17) is 0 Å². The molecule has 0 bridgehead atoms. The smallest absolute Gasteiger partial charge is 0.119 e. The quantitative estimate of drug-likeness (QED) is 0.101. The molecule has 2 atom stereocenters. The van der Waals surface area contributed by atoms with E-state index in [0.717, 1.165) is 18.4 Å². The van der Waals surface area contributed by atoms with Crippen molar-refractivity contribution < 1.29 is 5.11 Å². The molecule has 1 heteroatoms. The molecule has 0 aliphatic carbocycles. The molecular weight excluding hydrogens is 593 g/mol. The summed E-state index contributed by atoms with van der Waals surface area (Å²) in [5, 5.41) is 11.4. The van der Waals surface area contributed by atoms with Gasteiger partial charge in [0.15, 0.2) is 0 Å². The van der Waals surface area contributed by atoms with E-state index in [1.165, 1.54) is 127 Å². The van der Waals surface area contributed by atoms with Gasteiger partial charge in [-0.3, -0.25) is 0 Å². The van der Waals surface area contributed by atoms with Gasteiger partial charge >= 0.3 is 0 Å². The van der Waals surface area contributed by atoms with Gasteiger partial charge < -0.3 is 5.11 Å². The molecule has 0 radical (unpaired) electrons. The Bertz CT molecular complexity index is 1380. The van der Waals surface area contributed by atoms with Crippen LogP contribution in [0.1, 0.15) is 200 Å². The molecule has 0 amide bonds. The predicted octanol–water partition coefficient (Wildman–Crippen LogP) is 14.1. The molecule has 49 heavy (non-hydrogen) atoms. The van der Waals surface area contributed by atoms with Gasteiger partial charge in [-0.2, -0.15) is 0 Å². The summed E-state index contributed by atoms with van der Waals surface area (Å²) in [6.45, 7) is 18.8. The predicted molar refractivity (Wildman–Crippen MR) is 217 cm³/mol. The lowest BCUT2D eigenvalue weighted by molar-refractivity contribution is 0.464. The van der Waals surface area contributed by atoms with Crippen molar-refractivity contribution in [2.45, 2.75) is 196 Å². The number of hydrogen-bond donors (Lipinski definition) is 1. The lowest BCUT2D eigenvalue weighted by Crippen LogP contribution is -2.12. The molecule has 0 spiro atoms. The van der Waals surface area contributed by atoms with Gasteiger partial charge in [0, 0.05) is 0 Å². The Morgan fingerprint density at radius 1 is 0.408 bits per heavy atom. The number of rotatable bonds is 24. The van der Waals surface area contributed by atoms with Crippen molar-refractivity contribution in [1.82, 2.24) is 0 Å². The van der Waals surface area contributed by atoms with E-state index in [0.29, 0.717) is 17.6 Å². The highest BCUT2D eigenvalue weighted by molar-refractivity contribution is 5.48. The van der Waals surface area contributed by atoms with Crippen molar-refractivity contribution in [2.75, 3.05) is 0 Å². The number of aromatic hydroxyl groups is 1. The molecule has 1 nitrogen and oxygen atoms in total. The highest BCUT2D eigenvalue weighted by atomic mass is 16.3. The maximum atomic E-state index is 11.4. The summed E-state index contributed by atoms with van der Waals surface area (Å²) < 4.78 is 0. The van der Waals surface area contributed by atoms with Crippen LogP contribution in [0.15, 0.2) is 42.5 Å². The first-order chi connectivity index (χ1) is 23.8. The Balaban J connectivity index is 2.01. The van der Waals surface area contributed by atoms with E-state index in [1.54, 1.807) is 38.9 Å². The Hall–Kier alpha value is -2.54. The molecule has 3 rings (SSSR count). The molecule has 2 unspecified atom stereocenters. The van der Waals surface area contributed by atoms with Crippen molar-refractivity contribution in [3.05, 3.63) is 98.1 Å². The van der Waals surface area contributed by atoms with Gasteiger partial charge in [-0.1, -0.05) is 130 Å². The highest BCUT2D eigenvalue weighted by Crippen LogP contribution is 2.37. The molecule has 1 N–H and O–H groups in total. The minimum atomic E-state index is 0.355. The Morgan fingerprint density at radius 3 is 1.22 bits per heavy atom. The van der Waals surface area contributed by atoms with Crippen LogP contribution in [0.3, 0.4) is 0 Å². The number of unbranched alkanes of at least 4 members (excludes halogenated alkanes) is 6. The van der Waals surface area contributed by atoms with Gasteiger partial charge in [0.05, 0.1) is 0 Å². The number of phenolic OH excluding ortho intramolecular Hbond substituents is 1. The molecule has 0 saturated heterocycles. The highest BCUT2D eigenvalue weighted by Gasteiger charge is 2.22. The van der Waals surface area contributed by atoms with Gasteiger partial charge in [0.25, 0.3) is 0 Å². The van der Waals surface area contributed by atoms with Crippen molar-refractivity contribution in [1.29, 1.82) is 0 Å². The molecule has 3 aromatic carbocycles. The summed E-state index contributed by atoms with van der Waals surface area (Å²) in [7, 11) is 0. The van der Waals surface area contributed by atoms with E-state index < -0.39 is 0 Å². The zero-order valence-corrected chi connectivity index (χ0v) is 33.3. The van der Waals surface area contributed by atoms with Gasteiger partial charge in [0.1, 0.15) is 5.75 Å². The summed E-state index contributed by atoms with van der Waals surface area (Å²) in [5.74, 6) is 1.23. The molecule has 272 valence electrons. The Kier molecular flexibility index (Phi) is 18.6. The minimum absolute atomic E-state index is 0.355. The minimum Gasteiger partial charge on any atom is -0.508 e. The normalized spacial score (nSPS) is 12.8. The average Bonchev–Trinajstić information content (AvgIpc) is 3.10. The maximum absolute atomic E-state index is 11.4. The van der Waals surface area contributed by atoms with E-state index in [9.17, 15) is 5.11 Å². The largest absolute Gasteiger partial charge is 0.508 e. The van der Waals surface area contributed by atoms with Gasteiger partial charge in [-0.15, -0.1) is 0 Å². The first kappa shape index (κ1) is 40.9. The maximum Gasteiger partial charge on any atom is 0.119 e. The molecule has 0 aliphatic rings. The van der Waals surface area contributed by atoms with E-state index in [-0.39, 0.29) is 0 Å². The SMILES string of the molecule is CCCCc1ccc(C(C)Cc2cccc(O)c2CC(C)c2ccc(CCCC)c(CCCC)c2CCCC)c(CCCC)c1CCCC. The number of phenols is 1. The van der Waals surface area contributed by atoms with Crippen LogP contribution in [0.5, 0.6) is 5.75 Å². The summed E-state index contributed by atoms with van der Waals surface area (Å²) in [4.78, 5) is 0. The van der Waals surface area contributed by atoms with Crippen LogP contribution in [0, 0.1) is 0 Å². The van der Waals surface area contributed by atoms with Crippen LogP contribution in [0.4, 0.5) is 0 Å². The molecule has 0 heterocycles. The zero-order chi connectivity index (χ0) is 35.6. The zero-order valence-electron chi connectivity index (χ0n) is 33.3. The second-order valence-electron chi connectivity index (χ2n) is 15.3. The van der Waals surface area contributed by atoms with Crippen LogP contribution in [0.2, 0.25) is 0 Å². The van der Waals surface area contributed by atoms with E-state index in [2.05, 4.69) is 91.8 Å². The van der Waals surface area contributed by atoms with Crippen LogP contribution < -0.4 is 0 Å². The fourth-order valence-corrected chi connectivity index (χ4v) is 8.18. The summed E-state index contributed by atoms with van der Waals surface area (Å²) in [5.41, 5.74) is 15.3. The van der Waals surface area contributed by atoms with Crippen molar-refractivity contribution in [3.8, 4) is 5.75 Å². The lowest BCUT2D eigenvalue weighted by atomic mass is 9.79. The van der Waals surface area contributed by atoms with Crippen molar-refractivity contribution >= 4 is 0 Å². The molecule has 0 saturated carbocycles. The second-order valence-corrected chi connectivity index (χ2v) is 15.3. The number of benzene rings is 3. The monoisotopic (exact) mass is 667 g/mol. The third-order valence-electron chi connectivity index (χ3n) is 11.2. The lowest BCUT2D eigenvalue weighted by Gasteiger charge is -2.26. The Morgan fingerprint density at radius 2 is 0.796 bits per heavy atom. The van der Waals surface area contributed by atoms with Crippen LogP contribution in [-0.2, 0) is 51.4 Å². The summed E-state index contributed by atoms with van der Waals surface area (Å²) in [6, 6.07) is 16.2. The van der Waals surface area contributed by atoms with E-state index >= 15 is 0 Å². The molecule has 0 aliphatic heterocycles. The van der Waals surface area contributed by atoms with Gasteiger partial charge in [-0.25, -0.2) is 0 Å². The van der Waals surface area contributed by atoms with Crippen molar-refractivity contribution in [2.24, 2.45) is 0 Å². The van der Waals surface area contributed by atoms with Crippen LogP contribution in [0.25, 0.3) is 0 Å². The second kappa shape index (κ2) is 22.3. The third-order valence-corrected chi connectivity index (χ3v) is 11.2. The van der Waals surface area contributed by atoms with Gasteiger partial charge in [-0.05, 0) is 163 Å². The summed E-state index contributed by atoms with van der Waals surface area (Å²) in [6.07, 6.45) is 24.0. The first-order valence-electron chi connectivity index (χ1n) is 20.9. The Labute approximate surface area is 303 Å². The molecule has 3 aromatic rings. The fraction of sp³-hybridized carbons (Fsp3) is 0.625. The number of aryl methyl sites for hydroxylation is 2. The number of hydrogen-bond acceptors (Lipinski definition) is 1. The topological polar surface area (TPSA) is 20.2 Å². The standard InChI is InChI=1S/C48H74O/c1-9-15-22-38-30-32-41(45(27-19-13-5)43(38)25-17-11-3)36(7)34-40-24-21-29-48(49)47(40)35-37(8)42-33-31-39(23-16-10-2)44(26-18-12-4)46(42)28-20-14-6/h21,24,29-33,36-37,49H,9-20,22-23,25-28,34-35H2,1-8H3. The van der Waals surface area contributed by atoms with Crippen molar-refractivity contribution in [3.63, 3.8) is 0 Å². The first-order valence-corrected chi connectivity index (χ1v) is 20.9. The molecular formula is C48H74O. The molecule has 0 fully saturated rings. The fourth-order valence-electron chi connectivity index (χ4n) is 8.18. The van der Waals surface area contributed by atoms with Crippen LogP contribution in [-0.4, -0.2) is 5.11 Å². The third kappa shape index (κ3) is 11.8. The van der Waals surface area contributed by atoms with E-state index in [1.807, 2.05) is 6.07 Å². The average molecular weight is 667 g/mol. The van der Waals surface area contributed by atoms with Crippen LogP contribution >= 0.6 is 0 Å². The summed E-state index contributed by atoms with van der Waals surface area (Å²) >= 11 is 0. The van der Waals surface area contributed by atoms with Gasteiger partial charge in [0.2, 0.25) is 0 Å². The molecule has 0 aromatic heterocycles.